The van der Waals surface area contributed by atoms with Gasteiger partial charge in [0.2, 0.25) is 0 Å². The van der Waals surface area contributed by atoms with Gasteiger partial charge in [0.1, 0.15) is 5.82 Å². The van der Waals surface area contributed by atoms with E-state index < -0.39 is 0 Å². The van der Waals surface area contributed by atoms with Crippen molar-refractivity contribution in [2.75, 3.05) is 25.4 Å². The van der Waals surface area contributed by atoms with Gasteiger partial charge < -0.3 is 9.47 Å². The Morgan fingerprint density at radius 2 is 1.62 bits per heavy atom. The predicted octanol–water partition coefficient (Wildman–Crippen LogP) is 3.72. The molecule has 4 bridgehead atoms. The van der Waals surface area contributed by atoms with E-state index in [0.29, 0.717) is 5.41 Å². The summed E-state index contributed by atoms with van der Waals surface area (Å²) in [6, 6.07) is 0. The normalized spacial score (nSPS) is 34.4. The molecule has 4 fully saturated rings. The molecule has 0 unspecified atom stereocenters. The molecule has 0 N–H and O–H groups in total. The van der Waals surface area contributed by atoms with Gasteiger partial charge >= 0.3 is 0 Å². The summed E-state index contributed by atoms with van der Waals surface area (Å²) in [6.45, 7) is 7.88. The smallest absolute Gasteiger partial charge is 0.191 e. The third-order valence-corrected chi connectivity index (χ3v) is 7.88. The van der Waals surface area contributed by atoms with Crippen LogP contribution in [-0.4, -0.2) is 45.1 Å². The Kier molecular flexibility index (Phi) is 4.67. The van der Waals surface area contributed by atoms with Gasteiger partial charge in [0.25, 0.3) is 0 Å². The molecular formula is C19H32N4S. The molecule has 5 rings (SSSR count). The first-order chi connectivity index (χ1) is 11.6. The molecule has 4 aliphatic carbocycles. The molecule has 24 heavy (non-hydrogen) atoms. The molecule has 1 heterocycles. The molecule has 0 saturated heterocycles. The predicted molar refractivity (Wildman–Crippen MR) is 99.4 cm³/mol. The van der Waals surface area contributed by atoms with Gasteiger partial charge in [-0.05, 0) is 69.4 Å². The van der Waals surface area contributed by atoms with Crippen LogP contribution in [0, 0.1) is 17.8 Å². The van der Waals surface area contributed by atoms with E-state index in [2.05, 4.69) is 35.5 Å². The lowest BCUT2D eigenvalue weighted by atomic mass is 9.49. The summed E-state index contributed by atoms with van der Waals surface area (Å²) in [5, 5.41) is 10.4. The Bertz CT molecular complexity index is 543. The lowest BCUT2D eigenvalue weighted by Crippen LogP contribution is -2.49. The SMILES string of the molecule is CCN(CC)CCSc1nnc(C23CC4CC(CC(C4)C2)C3)n1C. The van der Waals surface area contributed by atoms with Crippen molar-refractivity contribution < 1.29 is 0 Å². The monoisotopic (exact) mass is 348 g/mol. The van der Waals surface area contributed by atoms with E-state index in [1.165, 1.54) is 44.3 Å². The first-order valence-electron chi connectivity index (χ1n) is 9.88. The topological polar surface area (TPSA) is 34.0 Å². The van der Waals surface area contributed by atoms with Gasteiger partial charge in [-0.25, -0.2) is 0 Å². The van der Waals surface area contributed by atoms with Gasteiger partial charge in [-0.15, -0.1) is 10.2 Å². The summed E-state index contributed by atoms with van der Waals surface area (Å²) in [7, 11) is 2.20. The van der Waals surface area contributed by atoms with E-state index in [-0.39, 0.29) is 0 Å². The van der Waals surface area contributed by atoms with Crippen LogP contribution in [0.1, 0.15) is 58.2 Å². The molecule has 134 valence electrons. The average Bonchev–Trinajstić information content (AvgIpc) is 2.92. The van der Waals surface area contributed by atoms with Crippen LogP contribution in [0.15, 0.2) is 5.16 Å². The number of rotatable bonds is 7. The maximum Gasteiger partial charge on any atom is 0.191 e. The Hall–Kier alpha value is -0.550. The fourth-order valence-corrected chi connectivity index (χ4v) is 7.00. The van der Waals surface area contributed by atoms with E-state index in [1.54, 1.807) is 0 Å². The maximum atomic E-state index is 4.72. The van der Waals surface area contributed by atoms with Crippen LogP contribution in [0.4, 0.5) is 0 Å². The summed E-state index contributed by atoms with van der Waals surface area (Å²) in [5.41, 5.74) is 0.355. The summed E-state index contributed by atoms with van der Waals surface area (Å²) in [6.07, 6.45) is 8.58. The van der Waals surface area contributed by atoms with E-state index in [1.807, 2.05) is 11.8 Å². The molecule has 0 amide bonds. The zero-order valence-electron chi connectivity index (χ0n) is 15.5. The fourth-order valence-electron chi connectivity index (χ4n) is 6.09. The molecule has 4 nitrogen and oxygen atoms in total. The van der Waals surface area contributed by atoms with Crippen molar-refractivity contribution in [3.63, 3.8) is 0 Å². The maximum absolute atomic E-state index is 4.72. The van der Waals surface area contributed by atoms with Gasteiger partial charge in [-0.3, -0.25) is 0 Å². The van der Waals surface area contributed by atoms with Crippen LogP contribution in [-0.2, 0) is 12.5 Å². The molecular weight excluding hydrogens is 316 g/mol. The summed E-state index contributed by atoms with van der Waals surface area (Å²) in [4.78, 5) is 2.48. The van der Waals surface area contributed by atoms with Gasteiger partial charge in [0, 0.05) is 24.8 Å². The van der Waals surface area contributed by atoms with Gasteiger partial charge in [0.15, 0.2) is 5.16 Å². The molecule has 0 radical (unpaired) electrons. The Morgan fingerprint density at radius 1 is 1.04 bits per heavy atom. The summed E-state index contributed by atoms with van der Waals surface area (Å²) in [5.74, 6) is 5.30. The highest BCUT2D eigenvalue weighted by molar-refractivity contribution is 7.99. The van der Waals surface area contributed by atoms with Crippen LogP contribution in [0.2, 0.25) is 0 Å². The number of hydrogen-bond acceptors (Lipinski definition) is 4. The van der Waals surface area contributed by atoms with Crippen LogP contribution in [0.25, 0.3) is 0 Å². The quantitative estimate of drug-likeness (QED) is 0.703. The minimum absolute atomic E-state index is 0.355. The lowest BCUT2D eigenvalue weighted by Gasteiger charge is -2.56. The van der Waals surface area contributed by atoms with Crippen molar-refractivity contribution in [2.24, 2.45) is 24.8 Å². The van der Waals surface area contributed by atoms with Gasteiger partial charge in [-0.1, -0.05) is 25.6 Å². The second-order valence-corrected chi connectivity index (χ2v) is 9.50. The van der Waals surface area contributed by atoms with Crippen molar-refractivity contribution in [1.29, 1.82) is 0 Å². The van der Waals surface area contributed by atoms with E-state index in [9.17, 15) is 0 Å². The van der Waals surface area contributed by atoms with E-state index in [4.69, 9.17) is 5.10 Å². The Balaban J connectivity index is 1.46. The molecule has 1 aromatic heterocycles. The third kappa shape index (κ3) is 2.92. The standard InChI is InChI=1S/C19H32N4S/c1-4-23(5-2)6-7-24-18-21-20-17(22(18)3)19-11-14-8-15(12-19)10-16(9-14)13-19/h14-16H,4-13H2,1-3H3. The third-order valence-electron chi connectivity index (χ3n) is 6.88. The fraction of sp³-hybridized carbons (Fsp3) is 0.895. The largest absolute Gasteiger partial charge is 0.309 e. The highest BCUT2D eigenvalue weighted by atomic mass is 32.2. The van der Waals surface area contributed by atoms with E-state index >= 15 is 0 Å². The summed E-state index contributed by atoms with van der Waals surface area (Å²) >= 11 is 1.88. The zero-order chi connectivity index (χ0) is 16.7. The Labute approximate surface area is 150 Å². The highest BCUT2D eigenvalue weighted by Crippen LogP contribution is 2.60. The molecule has 1 aromatic rings. The van der Waals surface area contributed by atoms with Crippen LogP contribution >= 0.6 is 11.8 Å². The van der Waals surface area contributed by atoms with Crippen LogP contribution < -0.4 is 0 Å². The number of hydrogen-bond donors (Lipinski definition) is 0. The summed E-state index contributed by atoms with van der Waals surface area (Å²) < 4.78 is 2.33. The molecule has 4 saturated carbocycles. The molecule has 0 spiro atoms. The minimum Gasteiger partial charge on any atom is -0.309 e. The first kappa shape index (κ1) is 16.9. The van der Waals surface area contributed by atoms with Crippen LogP contribution in [0.3, 0.4) is 0 Å². The molecule has 0 atom stereocenters. The average molecular weight is 349 g/mol. The molecule has 4 aliphatic rings. The van der Waals surface area contributed by atoms with Crippen molar-refractivity contribution in [1.82, 2.24) is 19.7 Å². The first-order valence-corrected chi connectivity index (χ1v) is 10.9. The van der Waals surface area contributed by atoms with Gasteiger partial charge in [0.05, 0.1) is 0 Å². The number of thioether (sulfide) groups is 1. The number of nitrogens with zero attached hydrogens (tertiary/aromatic N) is 4. The second kappa shape index (κ2) is 6.64. The number of aromatic nitrogens is 3. The molecule has 5 heteroatoms. The van der Waals surface area contributed by atoms with E-state index in [0.717, 1.165) is 48.3 Å². The van der Waals surface area contributed by atoms with Crippen molar-refractivity contribution in [2.45, 2.75) is 62.9 Å². The minimum atomic E-state index is 0.355. The Morgan fingerprint density at radius 3 is 2.17 bits per heavy atom. The van der Waals surface area contributed by atoms with Crippen molar-refractivity contribution in [3.8, 4) is 0 Å². The zero-order valence-corrected chi connectivity index (χ0v) is 16.3. The van der Waals surface area contributed by atoms with Gasteiger partial charge in [-0.2, -0.15) is 0 Å². The van der Waals surface area contributed by atoms with Crippen molar-refractivity contribution in [3.05, 3.63) is 5.82 Å². The van der Waals surface area contributed by atoms with Crippen molar-refractivity contribution >= 4 is 11.8 Å². The highest BCUT2D eigenvalue weighted by Gasteiger charge is 2.53. The second-order valence-electron chi connectivity index (χ2n) is 8.44. The molecule has 0 aliphatic heterocycles. The lowest BCUT2D eigenvalue weighted by molar-refractivity contribution is -0.0109. The van der Waals surface area contributed by atoms with Crippen LogP contribution in [0.5, 0.6) is 0 Å². The molecule has 0 aromatic carbocycles.